The second-order valence-corrected chi connectivity index (χ2v) is 5.98. The molecule has 0 bridgehead atoms. The Labute approximate surface area is 139 Å². The smallest absolute Gasteiger partial charge is 0.252 e. The summed E-state index contributed by atoms with van der Waals surface area (Å²) in [7, 11) is 0. The highest BCUT2D eigenvalue weighted by molar-refractivity contribution is 5.81. The number of piperazine rings is 1. The van der Waals surface area contributed by atoms with E-state index in [2.05, 4.69) is 34.7 Å². The minimum absolute atomic E-state index is 0.542. The molecule has 3 aromatic rings. The minimum atomic E-state index is 0.542. The third-order valence-electron chi connectivity index (χ3n) is 4.21. The van der Waals surface area contributed by atoms with Crippen LogP contribution in [0.2, 0.25) is 0 Å². The van der Waals surface area contributed by atoms with Crippen LogP contribution in [0.15, 0.2) is 16.9 Å². The summed E-state index contributed by atoms with van der Waals surface area (Å²) in [6.07, 6.45) is 3.34. The molecular formula is C16H19N7O. The van der Waals surface area contributed by atoms with Crippen LogP contribution in [0.4, 0.5) is 11.6 Å². The van der Waals surface area contributed by atoms with Crippen LogP contribution >= 0.6 is 0 Å². The first-order valence-corrected chi connectivity index (χ1v) is 8.00. The predicted molar refractivity (Wildman–Crippen MR) is 90.3 cm³/mol. The Balaban J connectivity index is 1.56. The zero-order chi connectivity index (χ0) is 16.7. The minimum Gasteiger partial charge on any atom is -0.422 e. The summed E-state index contributed by atoms with van der Waals surface area (Å²) in [5, 5.41) is 0. The van der Waals surface area contributed by atoms with Gasteiger partial charge in [0, 0.05) is 39.3 Å². The van der Waals surface area contributed by atoms with Crippen molar-refractivity contribution in [3.63, 3.8) is 0 Å². The van der Waals surface area contributed by atoms with E-state index in [0.717, 1.165) is 54.7 Å². The van der Waals surface area contributed by atoms with Gasteiger partial charge in [-0.05, 0) is 13.8 Å². The summed E-state index contributed by atoms with van der Waals surface area (Å²) in [5.41, 5.74) is 3.18. The number of hydrogen-bond donors (Lipinski definition) is 0. The van der Waals surface area contributed by atoms with Crippen LogP contribution in [0.3, 0.4) is 0 Å². The number of aromatic nitrogens is 5. The number of fused-ring (bicyclic) bond motifs is 1. The first kappa shape index (κ1) is 14.8. The number of anilines is 2. The molecule has 4 rings (SSSR count). The van der Waals surface area contributed by atoms with Gasteiger partial charge in [-0.3, -0.25) is 4.98 Å². The van der Waals surface area contributed by atoms with Crippen LogP contribution in [0.5, 0.6) is 0 Å². The molecule has 8 nitrogen and oxygen atoms in total. The lowest BCUT2D eigenvalue weighted by atomic mass is 10.2. The summed E-state index contributed by atoms with van der Waals surface area (Å²) < 4.78 is 5.50. The van der Waals surface area contributed by atoms with Crippen molar-refractivity contribution >= 4 is 22.9 Å². The fraction of sp³-hybridized carbons (Fsp3) is 0.438. The molecule has 0 aliphatic carbocycles. The standard InChI is InChI=1S/C16H19N7O/c1-10-8-17-11(2)14(20-10)22-4-6-23(7-5-22)15-13-16(19-9-18-15)24-12(3)21-13/h8-9H,4-7H2,1-3H3. The van der Waals surface area contributed by atoms with Crippen molar-refractivity contribution in [2.45, 2.75) is 20.8 Å². The Morgan fingerprint density at radius 3 is 2.33 bits per heavy atom. The zero-order valence-electron chi connectivity index (χ0n) is 14.0. The van der Waals surface area contributed by atoms with Gasteiger partial charge in [0.25, 0.3) is 5.71 Å². The first-order valence-electron chi connectivity index (χ1n) is 8.00. The maximum Gasteiger partial charge on any atom is 0.252 e. The zero-order valence-corrected chi connectivity index (χ0v) is 14.0. The van der Waals surface area contributed by atoms with E-state index in [9.17, 15) is 0 Å². The topological polar surface area (TPSA) is 84.1 Å². The van der Waals surface area contributed by atoms with Crippen molar-refractivity contribution in [1.82, 2.24) is 24.9 Å². The predicted octanol–water partition coefficient (Wildman–Crippen LogP) is 1.66. The summed E-state index contributed by atoms with van der Waals surface area (Å²) >= 11 is 0. The molecule has 0 unspecified atom stereocenters. The summed E-state index contributed by atoms with van der Waals surface area (Å²) in [5.74, 6) is 2.42. The molecule has 4 heterocycles. The van der Waals surface area contributed by atoms with E-state index in [0.29, 0.717) is 11.6 Å². The molecule has 0 atom stereocenters. The highest BCUT2D eigenvalue weighted by Gasteiger charge is 2.23. The molecule has 0 aromatic carbocycles. The second kappa shape index (κ2) is 5.70. The van der Waals surface area contributed by atoms with Gasteiger partial charge in [0.1, 0.15) is 12.1 Å². The van der Waals surface area contributed by atoms with Gasteiger partial charge in [0.15, 0.2) is 17.2 Å². The van der Waals surface area contributed by atoms with E-state index in [1.165, 1.54) is 6.33 Å². The Kier molecular flexibility index (Phi) is 3.51. The Hall–Kier alpha value is -2.77. The van der Waals surface area contributed by atoms with Crippen molar-refractivity contribution in [2.75, 3.05) is 36.0 Å². The van der Waals surface area contributed by atoms with Gasteiger partial charge in [-0.25, -0.2) is 15.0 Å². The van der Waals surface area contributed by atoms with E-state index >= 15 is 0 Å². The lowest BCUT2D eigenvalue weighted by Crippen LogP contribution is -2.47. The average molecular weight is 325 g/mol. The van der Waals surface area contributed by atoms with Gasteiger partial charge in [-0.1, -0.05) is 0 Å². The van der Waals surface area contributed by atoms with Crippen LogP contribution in [0.1, 0.15) is 17.3 Å². The summed E-state index contributed by atoms with van der Waals surface area (Å²) in [6.45, 7) is 9.20. The summed E-state index contributed by atoms with van der Waals surface area (Å²) in [6, 6.07) is 0. The largest absolute Gasteiger partial charge is 0.422 e. The van der Waals surface area contributed by atoms with E-state index in [-0.39, 0.29) is 0 Å². The second-order valence-electron chi connectivity index (χ2n) is 5.98. The maximum atomic E-state index is 5.50. The van der Waals surface area contributed by atoms with Crippen LogP contribution < -0.4 is 9.80 Å². The fourth-order valence-electron chi connectivity index (χ4n) is 3.03. The molecule has 1 fully saturated rings. The summed E-state index contributed by atoms with van der Waals surface area (Å²) in [4.78, 5) is 26.5. The molecule has 0 N–H and O–H groups in total. The molecule has 3 aromatic heterocycles. The van der Waals surface area contributed by atoms with Gasteiger partial charge in [0.2, 0.25) is 0 Å². The van der Waals surface area contributed by atoms with Crippen molar-refractivity contribution < 1.29 is 4.42 Å². The van der Waals surface area contributed by atoms with Gasteiger partial charge in [-0.15, -0.1) is 0 Å². The molecule has 8 heteroatoms. The first-order chi connectivity index (χ1) is 11.6. The average Bonchev–Trinajstić information content (AvgIpc) is 2.97. The van der Waals surface area contributed by atoms with Crippen LogP contribution in [0.25, 0.3) is 11.2 Å². The van der Waals surface area contributed by atoms with E-state index < -0.39 is 0 Å². The molecule has 0 saturated carbocycles. The van der Waals surface area contributed by atoms with Crippen LogP contribution in [-0.2, 0) is 0 Å². The number of aryl methyl sites for hydroxylation is 3. The lowest BCUT2D eigenvalue weighted by molar-refractivity contribution is 0.551. The Morgan fingerprint density at radius 1 is 0.875 bits per heavy atom. The quantitative estimate of drug-likeness (QED) is 0.703. The van der Waals surface area contributed by atoms with Gasteiger partial charge < -0.3 is 14.2 Å². The van der Waals surface area contributed by atoms with Crippen molar-refractivity contribution in [3.8, 4) is 0 Å². The highest BCUT2D eigenvalue weighted by Crippen LogP contribution is 2.25. The van der Waals surface area contributed by atoms with Gasteiger partial charge in [-0.2, -0.15) is 4.98 Å². The number of nitrogens with zero attached hydrogens (tertiary/aromatic N) is 7. The SMILES string of the molecule is Cc1cnc(C)c(N2CCN(c3ncnc4oc(C)nc34)CC2)n1. The van der Waals surface area contributed by atoms with Gasteiger partial charge >= 0.3 is 0 Å². The third kappa shape index (κ3) is 2.53. The van der Waals surface area contributed by atoms with Crippen molar-refractivity contribution in [2.24, 2.45) is 0 Å². The molecule has 1 aliphatic heterocycles. The molecule has 124 valence electrons. The monoisotopic (exact) mass is 325 g/mol. The van der Waals surface area contributed by atoms with E-state index in [4.69, 9.17) is 4.42 Å². The highest BCUT2D eigenvalue weighted by atomic mass is 16.4. The number of rotatable bonds is 2. The molecular weight excluding hydrogens is 306 g/mol. The van der Waals surface area contributed by atoms with Crippen molar-refractivity contribution in [1.29, 1.82) is 0 Å². The van der Waals surface area contributed by atoms with Crippen LogP contribution in [-0.4, -0.2) is 51.1 Å². The van der Waals surface area contributed by atoms with E-state index in [1.54, 1.807) is 6.20 Å². The fourth-order valence-corrected chi connectivity index (χ4v) is 3.03. The van der Waals surface area contributed by atoms with Crippen molar-refractivity contribution in [3.05, 3.63) is 29.8 Å². The molecule has 0 spiro atoms. The molecule has 1 saturated heterocycles. The maximum absolute atomic E-state index is 5.50. The lowest BCUT2D eigenvalue weighted by Gasteiger charge is -2.36. The molecule has 24 heavy (non-hydrogen) atoms. The number of oxazole rings is 1. The van der Waals surface area contributed by atoms with Gasteiger partial charge in [0.05, 0.1) is 11.4 Å². The van der Waals surface area contributed by atoms with E-state index in [1.807, 2.05) is 20.8 Å². The molecule has 1 aliphatic rings. The Morgan fingerprint density at radius 2 is 1.58 bits per heavy atom. The van der Waals surface area contributed by atoms with Crippen LogP contribution in [0, 0.1) is 20.8 Å². The third-order valence-corrected chi connectivity index (χ3v) is 4.21. The molecule has 0 radical (unpaired) electrons. The molecule has 0 amide bonds. The Bertz CT molecular complexity index is 883. The number of hydrogen-bond acceptors (Lipinski definition) is 8. The normalized spacial score (nSPS) is 15.3.